The lowest BCUT2D eigenvalue weighted by molar-refractivity contribution is 0.291. The third-order valence-corrected chi connectivity index (χ3v) is 3.58. The molecule has 1 rings (SSSR count). The first-order valence-corrected chi connectivity index (χ1v) is 5.28. The number of alkyl halides is 2. The summed E-state index contributed by atoms with van der Waals surface area (Å²) in [6.07, 6.45) is 3.49. The summed E-state index contributed by atoms with van der Waals surface area (Å²) in [6.45, 7) is 4.42. The van der Waals surface area contributed by atoms with Gasteiger partial charge in [-0.15, -0.1) is 23.2 Å². The zero-order chi connectivity index (χ0) is 8.43. The minimum atomic E-state index is 0.311. The van der Waals surface area contributed by atoms with Crippen LogP contribution in [0.2, 0.25) is 0 Å². The van der Waals surface area contributed by atoms with E-state index in [1.807, 2.05) is 0 Å². The van der Waals surface area contributed by atoms with Crippen LogP contribution in [0, 0.1) is 11.8 Å². The first-order chi connectivity index (χ1) is 5.13. The molecule has 0 amide bonds. The van der Waals surface area contributed by atoms with Crippen molar-refractivity contribution in [2.75, 3.05) is 0 Å². The number of hydrogen-bond acceptors (Lipinski definition) is 0. The van der Waals surface area contributed by atoms with Crippen LogP contribution in [-0.2, 0) is 0 Å². The average molecular weight is 195 g/mol. The molecule has 0 nitrogen and oxygen atoms in total. The van der Waals surface area contributed by atoms with Gasteiger partial charge in [0.25, 0.3) is 0 Å². The smallest absolute Gasteiger partial charge is 0.0380 e. The maximum atomic E-state index is 6.19. The van der Waals surface area contributed by atoms with Crippen LogP contribution in [0.3, 0.4) is 0 Å². The fourth-order valence-corrected chi connectivity index (χ4v) is 3.27. The van der Waals surface area contributed by atoms with Gasteiger partial charge in [0, 0.05) is 10.8 Å². The van der Waals surface area contributed by atoms with E-state index in [4.69, 9.17) is 23.2 Å². The Morgan fingerprint density at radius 1 is 1.09 bits per heavy atom. The van der Waals surface area contributed by atoms with Crippen molar-refractivity contribution in [3.05, 3.63) is 0 Å². The van der Waals surface area contributed by atoms with Gasteiger partial charge in [0.05, 0.1) is 0 Å². The summed E-state index contributed by atoms with van der Waals surface area (Å²) in [5, 5.41) is 0.623. The number of rotatable bonds is 1. The summed E-state index contributed by atoms with van der Waals surface area (Å²) in [4.78, 5) is 0. The second-order valence-electron chi connectivity index (χ2n) is 3.78. The monoisotopic (exact) mass is 194 g/mol. The molecular formula is C9H16Cl2. The van der Waals surface area contributed by atoms with Gasteiger partial charge in [0.2, 0.25) is 0 Å². The van der Waals surface area contributed by atoms with Crippen LogP contribution in [-0.4, -0.2) is 10.8 Å². The molecule has 0 N–H and O–H groups in total. The van der Waals surface area contributed by atoms with Crippen molar-refractivity contribution in [1.82, 2.24) is 0 Å². The average Bonchev–Trinajstić information content (AvgIpc) is 1.85. The lowest BCUT2D eigenvalue weighted by Gasteiger charge is -2.34. The molecule has 11 heavy (non-hydrogen) atoms. The van der Waals surface area contributed by atoms with E-state index in [1.165, 1.54) is 6.42 Å². The van der Waals surface area contributed by atoms with Crippen molar-refractivity contribution >= 4 is 23.2 Å². The van der Waals surface area contributed by atoms with E-state index in [1.54, 1.807) is 0 Å². The van der Waals surface area contributed by atoms with Gasteiger partial charge in [-0.2, -0.15) is 0 Å². The largest absolute Gasteiger partial charge is 0.123 e. The van der Waals surface area contributed by atoms with Crippen LogP contribution >= 0.6 is 23.2 Å². The quantitative estimate of drug-likeness (QED) is 0.560. The Morgan fingerprint density at radius 2 is 1.55 bits per heavy atom. The van der Waals surface area contributed by atoms with Crippen LogP contribution in [0.25, 0.3) is 0 Å². The number of hydrogen-bond donors (Lipinski definition) is 0. The molecule has 0 aliphatic heterocycles. The maximum absolute atomic E-state index is 6.19. The zero-order valence-electron chi connectivity index (χ0n) is 7.19. The topological polar surface area (TPSA) is 0 Å². The molecule has 1 aliphatic rings. The van der Waals surface area contributed by atoms with E-state index in [0.717, 1.165) is 12.8 Å². The fourth-order valence-electron chi connectivity index (χ4n) is 1.95. The molecule has 0 aromatic rings. The first kappa shape index (κ1) is 9.67. The zero-order valence-corrected chi connectivity index (χ0v) is 8.70. The highest BCUT2D eigenvalue weighted by molar-refractivity contribution is 6.24. The molecule has 2 atom stereocenters. The predicted molar refractivity (Wildman–Crippen MR) is 51.5 cm³/mol. The summed E-state index contributed by atoms with van der Waals surface area (Å²) in [6, 6.07) is 0. The van der Waals surface area contributed by atoms with Crippen molar-refractivity contribution in [3.8, 4) is 0 Å². The third kappa shape index (κ3) is 2.26. The SMILES string of the molecule is CC(C)C1C(Cl)CCCC1Cl. The molecule has 0 aromatic heterocycles. The number of halogens is 2. The summed E-state index contributed by atoms with van der Waals surface area (Å²) >= 11 is 12.4. The van der Waals surface area contributed by atoms with Gasteiger partial charge in [-0.05, 0) is 24.7 Å². The summed E-state index contributed by atoms with van der Waals surface area (Å²) in [7, 11) is 0. The van der Waals surface area contributed by atoms with Crippen molar-refractivity contribution in [3.63, 3.8) is 0 Å². The minimum Gasteiger partial charge on any atom is -0.123 e. The molecule has 2 heteroatoms. The third-order valence-electron chi connectivity index (χ3n) is 2.56. The molecule has 2 unspecified atom stereocenters. The van der Waals surface area contributed by atoms with E-state index in [9.17, 15) is 0 Å². The molecule has 66 valence electrons. The van der Waals surface area contributed by atoms with Gasteiger partial charge in [-0.25, -0.2) is 0 Å². The van der Waals surface area contributed by atoms with E-state index in [-0.39, 0.29) is 0 Å². The van der Waals surface area contributed by atoms with Crippen LogP contribution < -0.4 is 0 Å². The van der Waals surface area contributed by atoms with E-state index in [2.05, 4.69) is 13.8 Å². The molecule has 0 spiro atoms. The summed E-state index contributed by atoms with van der Waals surface area (Å²) < 4.78 is 0. The Morgan fingerprint density at radius 3 is 1.82 bits per heavy atom. The molecule has 0 heterocycles. The molecule has 0 aromatic carbocycles. The second kappa shape index (κ2) is 4.00. The van der Waals surface area contributed by atoms with Gasteiger partial charge >= 0.3 is 0 Å². The van der Waals surface area contributed by atoms with Crippen molar-refractivity contribution < 1.29 is 0 Å². The second-order valence-corrected chi connectivity index (χ2v) is 4.91. The molecule has 1 saturated carbocycles. The minimum absolute atomic E-state index is 0.311. The summed E-state index contributed by atoms with van der Waals surface area (Å²) in [5.41, 5.74) is 0. The Labute approximate surface area is 79.3 Å². The van der Waals surface area contributed by atoms with Crippen LogP contribution in [0.5, 0.6) is 0 Å². The Bertz CT molecular complexity index is 113. The Balaban J connectivity index is 2.55. The Kier molecular flexibility index (Phi) is 3.52. The molecule has 0 radical (unpaired) electrons. The van der Waals surface area contributed by atoms with Crippen LogP contribution in [0.15, 0.2) is 0 Å². The van der Waals surface area contributed by atoms with Crippen molar-refractivity contribution in [2.24, 2.45) is 11.8 Å². The Hall–Kier alpha value is 0.580. The first-order valence-electron chi connectivity index (χ1n) is 4.41. The highest BCUT2D eigenvalue weighted by atomic mass is 35.5. The van der Waals surface area contributed by atoms with Crippen molar-refractivity contribution in [2.45, 2.75) is 43.9 Å². The van der Waals surface area contributed by atoms with Gasteiger partial charge in [-0.1, -0.05) is 20.3 Å². The molecule has 0 saturated heterocycles. The lowest BCUT2D eigenvalue weighted by atomic mass is 9.81. The van der Waals surface area contributed by atoms with E-state index < -0.39 is 0 Å². The van der Waals surface area contributed by atoms with Crippen LogP contribution in [0.4, 0.5) is 0 Å². The fraction of sp³-hybridized carbons (Fsp3) is 1.00. The molecule has 0 bridgehead atoms. The maximum Gasteiger partial charge on any atom is 0.0380 e. The molecular weight excluding hydrogens is 179 g/mol. The highest BCUT2D eigenvalue weighted by Gasteiger charge is 2.32. The normalized spacial score (nSPS) is 39.5. The lowest BCUT2D eigenvalue weighted by Crippen LogP contribution is -2.33. The molecule has 1 fully saturated rings. The van der Waals surface area contributed by atoms with Crippen LogP contribution in [0.1, 0.15) is 33.1 Å². The van der Waals surface area contributed by atoms with E-state index in [0.29, 0.717) is 22.6 Å². The van der Waals surface area contributed by atoms with E-state index >= 15 is 0 Å². The highest BCUT2D eigenvalue weighted by Crippen LogP contribution is 2.36. The standard InChI is InChI=1S/C9H16Cl2/c1-6(2)9-7(10)4-3-5-8(9)11/h6-9H,3-5H2,1-2H3. The predicted octanol–water partition coefficient (Wildman–Crippen LogP) is 3.66. The van der Waals surface area contributed by atoms with Gasteiger partial charge < -0.3 is 0 Å². The van der Waals surface area contributed by atoms with Gasteiger partial charge in [0.1, 0.15) is 0 Å². The van der Waals surface area contributed by atoms with Gasteiger partial charge in [-0.3, -0.25) is 0 Å². The van der Waals surface area contributed by atoms with Crippen molar-refractivity contribution in [1.29, 1.82) is 0 Å². The van der Waals surface area contributed by atoms with Gasteiger partial charge in [0.15, 0.2) is 0 Å². The summed E-state index contributed by atoms with van der Waals surface area (Å²) in [5.74, 6) is 1.15. The molecule has 1 aliphatic carbocycles.